The summed E-state index contributed by atoms with van der Waals surface area (Å²) in [6, 6.07) is 3.80. The predicted molar refractivity (Wildman–Crippen MR) is 57.8 cm³/mol. The van der Waals surface area contributed by atoms with Crippen LogP contribution in [0.5, 0.6) is 0 Å². The summed E-state index contributed by atoms with van der Waals surface area (Å²) in [5.41, 5.74) is 0.943. The first-order valence-electron chi connectivity index (χ1n) is 5.11. The van der Waals surface area contributed by atoms with Gasteiger partial charge in [-0.2, -0.15) is 0 Å². The lowest BCUT2D eigenvalue weighted by Crippen LogP contribution is -2.09. The van der Waals surface area contributed by atoms with Gasteiger partial charge < -0.3 is 9.47 Å². The molecule has 2 heterocycles. The van der Waals surface area contributed by atoms with Crippen LogP contribution in [0, 0.1) is 5.92 Å². The minimum atomic E-state index is 0.528. The zero-order chi connectivity index (χ0) is 10.5. The fraction of sp³-hybridized carbons (Fsp3) is 0.545. The lowest BCUT2D eigenvalue weighted by Gasteiger charge is -2.09. The normalized spacial score (nSPS) is 20.7. The third-order valence-electron chi connectivity index (χ3n) is 2.47. The minimum Gasteiger partial charge on any atom is -0.381 e. The number of hydrogen-bond acceptors (Lipinski definition) is 3. The van der Waals surface area contributed by atoms with E-state index in [-0.39, 0.29) is 0 Å². The fourth-order valence-corrected chi connectivity index (χ4v) is 1.75. The molecule has 82 valence electrons. The highest BCUT2D eigenvalue weighted by molar-refractivity contribution is 6.30. The molecule has 1 atom stereocenters. The second kappa shape index (κ2) is 5.45. The largest absolute Gasteiger partial charge is 0.381 e. The molecule has 0 spiro atoms. The Morgan fingerprint density at radius 2 is 2.53 bits per heavy atom. The van der Waals surface area contributed by atoms with Crippen molar-refractivity contribution in [3.05, 3.63) is 29.0 Å². The number of pyridine rings is 1. The van der Waals surface area contributed by atoms with E-state index in [4.69, 9.17) is 21.1 Å². The third kappa shape index (κ3) is 3.16. The van der Waals surface area contributed by atoms with Gasteiger partial charge in [0, 0.05) is 24.3 Å². The maximum absolute atomic E-state index is 5.90. The van der Waals surface area contributed by atoms with Crippen LogP contribution in [0.2, 0.25) is 5.15 Å². The molecular formula is C11H14ClNO2. The van der Waals surface area contributed by atoms with Crippen LogP contribution < -0.4 is 0 Å². The summed E-state index contributed by atoms with van der Waals surface area (Å²) >= 11 is 5.90. The molecule has 0 saturated carbocycles. The molecule has 0 amide bonds. The number of aromatic nitrogens is 1. The van der Waals surface area contributed by atoms with Gasteiger partial charge in [0.1, 0.15) is 5.15 Å². The summed E-state index contributed by atoms with van der Waals surface area (Å²) in [5, 5.41) is 0.528. The molecule has 0 radical (unpaired) electrons. The van der Waals surface area contributed by atoms with Gasteiger partial charge in [-0.25, -0.2) is 4.98 Å². The van der Waals surface area contributed by atoms with E-state index < -0.39 is 0 Å². The van der Waals surface area contributed by atoms with E-state index in [1.165, 1.54) is 0 Å². The van der Waals surface area contributed by atoms with Gasteiger partial charge in [-0.1, -0.05) is 17.7 Å². The van der Waals surface area contributed by atoms with Gasteiger partial charge in [0.2, 0.25) is 0 Å². The smallest absolute Gasteiger partial charge is 0.134 e. The summed E-state index contributed by atoms with van der Waals surface area (Å²) in [5.74, 6) is 0.542. The highest BCUT2D eigenvalue weighted by atomic mass is 35.5. The molecule has 1 aliphatic rings. The van der Waals surface area contributed by atoms with Crippen molar-refractivity contribution >= 4 is 11.6 Å². The van der Waals surface area contributed by atoms with Crippen LogP contribution in [-0.2, 0) is 16.1 Å². The van der Waals surface area contributed by atoms with Crippen molar-refractivity contribution in [2.45, 2.75) is 13.0 Å². The van der Waals surface area contributed by atoms with Crippen molar-refractivity contribution in [2.24, 2.45) is 5.92 Å². The van der Waals surface area contributed by atoms with Crippen molar-refractivity contribution in [1.82, 2.24) is 4.98 Å². The first kappa shape index (κ1) is 10.9. The Morgan fingerprint density at radius 1 is 1.60 bits per heavy atom. The van der Waals surface area contributed by atoms with Crippen LogP contribution in [0.3, 0.4) is 0 Å². The average molecular weight is 228 g/mol. The highest BCUT2D eigenvalue weighted by Crippen LogP contribution is 2.16. The molecule has 1 fully saturated rings. The van der Waals surface area contributed by atoms with Crippen LogP contribution in [0.25, 0.3) is 0 Å². The summed E-state index contributed by atoms with van der Waals surface area (Å²) in [6.45, 7) is 2.96. The maximum atomic E-state index is 5.90. The SMILES string of the molecule is Clc1ncccc1COCC1CCOC1. The molecule has 15 heavy (non-hydrogen) atoms. The molecule has 0 aromatic carbocycles. The quantitative estimate of drug-likeness (QED) is 0.740. The van der Waals surface area contributed by atoms with E-state index in [0.717, 1.165) is 31.8 Å². The molecule has 0 aliphatic carbocycles. The Morgan fingerprint density at radius 3 is 3.27 bits per heavy atom. The number of nitrogens with zero attached hydrogens (tertiary/aromatic N) is 1. The fourth-order valence-electron chi connectivity index (χ4n) is 1.58. The van der Waals surface area contributed by atoms with E-state index >= 15 is 0 Å². The Balaban J connectivity index is 1.75. The average Bonchev–Trinajstić information content (AvgIpc) is 2.74. The van der Waals surface area contributed by atoms with Gasteiger partial charge in [0.25, 0.3) is 0 Å². The minimum absolute atomic E-state index is 0.528. The summed E-state index contributed by atoms with van der Waals surface area (Å²) < 4.78 is 10.8. The van der Waals surface area contributed by atoms with E-state index in [1.54, 1.807) is 6.20 Å². The van der Waals surface area contributed by atoms with Gasteiger partial charge in [-0.3, -0.25) is 0 Å². The van der Waals surface area contributed by atoms with Gasteiger partial charge >= 0.3 is 0 Å². The molecule has 1 aromatic rings. The van der Waals surface area contributed by atoms with Crippen molar-refractivity contribution in [2.75, 3.05) is 19.8 Å². The number of ether oxygens (including phenoxy) is 2. The molecule has 2 rings (SSSR count). The highest BCUT2D eigenvalue weighted by Gasteiger charge is 2.15. The zero-order valence-electron chi connectivity index (χ0n) is 8.49. The molecule has 4 heteroatoms. The number of rotatable bonds is 4. The molecule has 0 N–H and O–H groups in total. The van der Waals surface area contributed by atoms with Crippen LogP contribution in [0.15, 0.2) is 18.3 Å². The lowest BCUT2D eigenvalue weighted by molar-refractivity contribution is 0.0790. The standard InChI is InChI=1S/C11H14ClNO2/c12-11-10(2-1-4-13-11)8-15-7-9-3-5-14-6-9/h1-2,4,9H,3,5-8H2. The van der Waals surface area contributed by atoms with Crippen LogP contribution in [0.4, 0.5) is 0 Å². The topological polar surface area (TPSA) is 31.4 Å². The van der Waals surface area contributed by atoms with E-state index in [2.05, 4.69) is 4.98 Å². The molecule has 1 unspecified atom stereocenters. The predicted octanol–water partition coefficient (Wildman–Crippen LogP) is 2.29. The van der Waals surface area contributed by atoms with Crippen molar-refractivity contribution < 1.29 is 9.47 Å². The Hall–Kier alpha value is -0.640. The number of halogens is 1. The van der Waals surface area contributed by atoms with Gasteiger partial charge in [0.05, 0.1) is 19.8 Å². The van der Waals surface area contributed by atoms with Gasteiger partial charge in [0.15, 0.2) is 0 Å². The van der Waals surface area contributed by atoms with E-state index in [1.807, 2.05) is 12.1 Å². The molecule has 1 aliphatic heterocycles. The summed E-state index contributed by atoms with van der Waals surface area (Å²) in [4.78, 5) is 3.99. The second-order valence-corrected chi connectivity index (χ2v) is 4.06. The zero-order valence-corrected chi connectivity index (χ0v) is 9.24. The maximum Gasteiger partial charge on any atom is 0.134 e. The summed E-state index contributed by atoms with van der Waals surface area (Å²) in [7, 11) is 0. The van der Waals surface area contributed by atoms with Crippen molar-refractivity contribution in [3.63, 3.8) is 0 Å². The molecule has 3 nitrogen and oxygen atoms in total. The van der Waals surface area contributed by atoms with Gasteiger partial charge in [-0.15, -0.1) is 0 Å². The number of hydrogen-bond donors (Lipinski definition) is 0. The van der Waals surface area contributed by atoms with Gasteiger partial charge in [-0.05, 0) is 12.5 Å². The monoisotopic (exact) mass is 227 g/mol. The van der Waals surface area contributed by atoms with Crippen LogP contribution >= 0.6 is 11.6 Å². The van der Waals surface area contributed by atoms with Crippen molar-refractivity contribution in [3.8, 4) is 0 Å². The second-order valence-electron chi connectivity index (χ2n) is 3.70. The Kier molecular flexibility index (Phi) is 3.94. The first-order chi connectivity index (χ1) is 7.36. The van der Waals surface area contributed by atoms with Crippen LogP contribution in [-0.4, -0.2) is 24.8 Å². The Labute approximate surface area is 94.4 Å². The molecule has 1 aromatic heterocycles. The Bertz CT molecular complexity index is 313. The molecular weight excluding hydrogens is 214 g/mol. The van der Waals surface area contributed by atoms with Crippen molar-refractivity contribution in [1.29, 1.82) is 0 Å². The first-order valence-corrected chi connectivity index (χ1v) is 5.49. The van der Waals surface area contributed by atoms with Crippen LogP contribution in [0.1, 0.15) is 12.0 Å². The molecule has 0 bridgehead atoms. The molecule has 1 saturated heterocycles. The third-order valence-corrected chi connectivity index (χ3v) is 2.81. The lowest BCUT2D eigenvalue weighted by atomic mass is 10.1. The summed E-state index contributed by atoms with van der Waals surface area (Å²) in [6.07, 6.45) is 2.78. The van der Waals surface area contributed by atoms with E-state index in [9.17, 15) is 0 Å². The van der Waals surface area contributed by atoms with E-state index in [0.29, 0.717) is 17.7 Å².